The molecule has 188 valence electrons. The minimum atomic E-state index is -0.546. The Balaban J connectivity index is 1.59. The van der Waals surface area contributed by atoms with Gasteiger partial charge in [0.25, 0.3) is 0 Å². The molecule has 3 aromatic rings. The second-order valence-electron chi connectivity index (χ2n) is 9.39. The molecule has 0 bridgehead atoms. The van der Waals surface area contributed by atoms with E-state index in [9.17, 15) is 9.59 Å². The van der Waals surface area contributed by atoms with Crippen LogP contribution in [0.25, 0.3) is 20.8 Å². The Kier molecular flexibility index (Phi) is 8.05. The van der Waals surface area contributed by atoms with Crippen LogP contribution in [0.15, 0.2) is 24.3 Å². The standard InChI is InChI=1S/C25H32N4O4S2/c1-25(2,3)33-24(31)29-13-10-16-19(15-29)35-23(28-20(30)9-11-26-12-14-32-4)21(16)22-27-17-7-5-6-8-18(17)34-22/h5-8,26H,9-15H2,1-4H3,(H,28,30). The number of rotatable bonds is 8. The molecule has 0 atom stereocenters. The summed E-state index contributed by atoms with van der Waals surface area (Å²) in [6.07, 6.45) is 0.728. The van der Waals surface area contributed by atoms with E-state index in [1.807, 2.05) is 39.0 Å². The lowest BCUT2D eigenvalue weighted by Gasteiger charge is -2.30. The molecule has 0 spiro atoms. The predicted octanol–water partition coefficient (Wildman–Crippen LogP) is 4.88. The Hall–Kier alpha value is -2.53. The Bertz CT molecular complexity index is 1170. The first kappa shape index (κ1) is 25.6. The summed E-state index contributed by atoms with van der Waals surface area (Å²) in [6.45, 7) is 8.51. The third-order valence-electron chi connectivity index (χ3n) is 5.48. The van der Waals surface area contributed by atoms with E-state index < -0.39 is 5.60 Å². The number of methoxy groups -OCH3 is 1. The summed E-state index contributed by atoms with van der Waals surface area (Å²) >= 11 is 3.15. The third-order valence-corrected chi connectivity index (χ3v) is 7.67. The number of fused-ring (bicyclic) bond motifs is 2. The first-order valence-electron chi connectivity index (χ1n) is 11.7. The largest absolute Gasteiger partial charge is 0.444 e. The van der Waals surface area contributed by atoms with Crippen LogP contribution in [-0.2, 0) is 27.2 Å². The summed E-state index contributed by atoms with van der Waals surface area (Å²) < 4.78 is 11.7. The van der Waals surface area contributed by atoms with Gasteiger partial charge in [-0.25, -0.2) is 9.78 Å². The second kappa shape index (κ2) is 11.0. The van der Waals surface area contributed by atoms with Gasteiger partial charge < -0.3 is 25.0 Å². The Morgan fingerprint density at radius 3 is 2.71 bits per heavy atom. The Morgan fingerprint density at radius 1 is 1.17 bits per heavy atom. The van der Waals surface area contributed by atoms with Crippen LogP contribution in [-0.4, -0.2) is 60.8 Å². The topological polar surface area (TPSA) is 92.8 Å². The zero-order chi connectivity index (χ0) is 25.0. The molecule has 1 aromatic carbocycles. The number of benzene rings is 1. The highest BCUT2D eigenvalue weighted by atomic mass is 32.1. The number of anilines is 1. The van der Waals surface area contributed by atoms with Gasteiger partial charge in [-0.3, -0.25) is 4.79 Å². The maximum atomic E-state index is 12.8. The summed E-state index contributed by atoms with van der Waals surface area (Å²) in [5.74, 6) is -0.0557. The lowest BCUT2D eigenvalue weighted by molar-refractivity contribution is -0.116. The summed E-state index contributed by atoms with van der Waals surface area (Å²) in [7, 11) is 1.65. The maximum Gasteiger partial charge on any atom is 0.410 e. The molecule has 10 heteroatoms. The van der Waals surface area contributed by atoms with E-state index in [0.29, 0.717) is 45.6 Å². The minimum Gasteiger partial charge on any atom is -0.444 e. The number of hydrogen-bond acceptors (Lipinski definition) is 8. The molecule has 1 aliphatic rings. The average molecular weight is 517 g/mol. The number of hydrogen-bond donors (Lipinski definition) is 2. The van der Waals surface area contributed by atoms with Crippen molar-refractivity contribution in [3.8, 4) is 10.6 Å². The molecule has 0 fully saturated rings. The highest BCUT2D eigenvalue weighted by Crippen LogP contribution is 2.45. The molecule has 0 aliphatic carbocycles. The van der Waals surface area contributed by atoms with Crippen molar-refractivity contribution >= 4 is 49.9 Å². The maximum absolute atomic E-state index is 12.8. The third kappa shape index (κ3) is 6.38. The van der Waals surface area contributed by atoms with Crippen molar-refractivity contribution in [2.24, 2.45) is 0 Å². The van der Waals surface area contributed by atoms with E-state index in [0.717, 1.165) is 36.2 Å². The summed E-state index contributed by atoms with van der Waals surface area (Å²) in [5.41, 5.74) is 2.53. The van der Waals surface area contributed by atoms with Gasteiger partial charge in [0.2, 0.25) is 5.91 Å². The smallest absolute Gasteiger partial charge is 0.410 e. The molecule has 0 saturated heterocycles. The van der Waals surface area contributed by atoms with E-state index >= 15 is 0 Å². The van der Waals surface area contributed by atoms with E-state index in [-0.39, 0.29) is 12.0 Å². The molecule has 0 unspecified atom stereocenters. The van der Waals surface area contributed by atoms with E-state index in [1.54, 1.807) is 23.3 Å². The zero-order valence-corrected chi connectivity index (χ0v) is 22.2. The fourth-order valence-electron chi connectivity index (χ4n) is 3.87. The van der Waals surface area contributed by atoms with Crippen molar-refractivity contribution in [3.05, 3.63) is 34.7 Å². The van der Waals surface area contributed by atoms with Gasteiger partial charge >= 0.3 is 6.09 Å². The first-order chi connectivity index (χ1) is 16.7. The summed E-state index contributed by atoms with van der Waals surface area (Å²) in [4.78, 5) is 33.1. The van der Waals surface area contributed by atoms with Crippen LogP contribution in [0.3, 0.4) is 0 Å². The van der Waals surface area contributed by atoms with Gasteiger partial charge in [0.05, 0.1) is 23.4 Å². The summed E-state index contributed by atoms with van der Waals surface area (Å²) in [5, 5.41) is 8.01. The lowest BCUT2D eigenvalue weighted by atomic mass is 10.0. The highest BCUT2D eigenvalue weighted by Gasteiger charge is 2.31. The van der Waals surface area contributed by atoms with Gasteiger partial charge in [-0.15, -0.1) is 22.7 Å². The predicted molar refractivity (Wildman–Crippen MR) is 141 cm³/mol. The molecule has 3 heterocycles. The van der Waals surface area contributed by atoms with Crippen LogP contribution in [0, 0.1) is 0 Å². The molecule has 1 aliphatic heterocycles. The van der Waals surface area contributed by atoms with Gasteiger partial charge in [-0.05, 0) is 44.9 Å². The van der Waals surface area contributed by atoms with Crippen LogP contribution < -0.4 is 10.6 Å². The van der Waals surface area contributed by atoms with Crippen LogP contribution >= 0.6 is 22.7 Å². The van der Waals surface area contributed by atoms with Gasteiger partial charge in [0.15, 0.2) is 0 Å². The monoisotopic (exact) mass is 516 g/mol. The van der Waals surface area contributed by atoms with Crippen molar-refractivity contribution < 1.29 is 19.1 Å². The van der Waals surface area contributed by atoms with Gasteiger partial charge in [0.1, 0.15) is 15.6 Å². The van der Waals surface area contributed by atoms with E-state index in [2.05, 4.69) is 16.7 Å². The number of carbonyl (C=O) groups excluding carboxylic acids is 2. The molecule has 2 aromatic heterocycles. The SMILES string of the molecule is COCCNCCC(=O)Nc1sc2c(c1-c1nc3ccccc3s1)CCN(C(=O)OC(C)(C)C)C2. The molecular formula is C25H32N4O4S2. The van der Waals surface area contributed by atoms with Gasteiger partial charge in [-0.2, -0.15) is 0 Å². The van der Waals surface area contributed by atoms with Crippen LogP contribution in [0.5, 0.6) is 0 Å². The molecular weight excluding hydrogens is 484 g/mol. The molecule has 2 N–H and O–H groups in total. The number of carbonyl (C=O) groups is 2. The van der Waals surface area contributed by atoms with Crippen LogP contribution in [0.1, 0.15) is 37.6 Å². The normalized spacial score (nSPS) is 13.7. The number of nitrogens with zero attached hydrogens (tertiary/aromatic N) is 2. The fourth-order valence-corrected chi connectivity index (χ4v) is 6.26. The second-order valence-corrected chi connectivity index (χ2v) is 11.5. The zero-order valence-electron chi connectivity index (χ0n) is 20.6. The molecule has 35 heavy (non-hydrogen) atoms. The first-order valence-corrected chi connectivity index (χ1v) is 13.4. The number of nitrogens with one attached hydrogen (secondary N) is 2. The number of aromatic nitrogens is 1. The molecule has 0 saturated carbocycles. The number of ether oxygens (including phenoxy) is 2. The Labute approximate surface area is 213 Å². The van der Waals surface area contributed by atoms with Gasteiger partial charge in [-0.1, -0.05) is 12.1 Å². The number of para-hydroxylation sites is 1. The Morgan fingerprint density at radius 2 is 1.97 bits per heavy atom. The van der Waals surface area contributed by atoms with Crippen molar-refractivity contribution in [2.45, 2.75) is 45.8 Å². The molecule has 0 radical (unpaired) electrons. The molecule has 8 nitrogen and oxygen atoms in total. The van der Waals surface area contributed by atoms with E-state index in [1.165, 1.54) is 11.3 Å². The fraction of sp³-hybridized carbons (Fsp3) is 0.480. The quantitative estimate of drug-likeness (QED) is 0.415. The summed E-state index contributed by atoms with van der Waals surface area (Å²) in [6, 6.07) is 8.05. The van der Waals surface area contributed by atoms with Crippen LogP contribution in [0.4, 0.5) is 9.80 Å². The van der Waals surface area contributed by atoms with Crippen molar-refractivity contribution in [1.29, 1.82) is 0 Å². The minimum absolute atomic E-state index is 0.0557. The average Bonchev–Trinajstić information content (AvgIpc) is 3.37. The van der Waals surface area contributed by atoms with Crippen molar-refractivity contribution in [2.75, 3.05) is 38.7 Å². The van der Waals surface area contributed by atoms with E-state index in [4.69, 9.17) is 14.5 Å². The van der Waals surface area contributed by atoms with Gasteiger partial charge in [0, 0.05) is 43.6 Å². The van der Waals surface area contributed by atoms with Crippen molar-refractivity contribution in [3.63, 3.8) is 0 Å². The lowest BCUT2D eigenvalue weighted by Crippen LogP contribution is -2.39. The number of amides is 2. The van der Waals surface area contributed by atoms with Crippen molar-refractivity contribution in [1.82, 2.24) is 15.2 Å². The number of thiophene rings is 1. The number of thiazole rings is 1. The molecule has 2 amide bonds. The van der Waals surface area contributed by atoms with Crippen LogP contribution in [0.2, 0.25) is 0 Å². The highest BCUT2D eigenvalue weighted by molar-refractivity contribution is 7.22. The molecule has 4 rings (SSSR count).